The minimum Gasteiger partial charge on any atom is -0.442 e. The van der Waals surface area contributed by atoms with E-state index in [0.29, 0.717) is 12.1 Å². The van der Waals surface area contributed by atoms with E-state index in [-0.39, 0.29) is 24.8 Å². The highest BCUT2D eigenvalue weighted by Gasteiger charge is 2.33. The van der Waals surface area contributed by atoms with Crippen LogP contribution in [0.15, 0.2) is 41.8 Å². The van der Waals surface area contributed by atoms with Crippen molar-refractivity contribution >= 4 is 34.5 Å². The minimum absolute atomic E-state index is 0.202. The lowest BCUT2D eigenvalue weighted by Gasteiger charge is -2.11. The summed E-state index contributed by atoms with van der Waals surface area (Å²) in [7, 11) is 0. The second-order valence-electron chi connectivity index (χ2n) is 5.59. The molecule has 2 heterocycles. The predicted octanol–water partition coefficient (Wildman–Crippen LogP) is 3.04. The summed E-state index contributed by atoms with van der Waals surface area (Å²) < 4.78 is 14.9. The van der Waals surface area contributed by atoms with Gasteiger partial charge in [-0.3, -0.25) is 9.69 Å². The average Bonchev–Trinajstić information content (AvgIpc) is 3.30. The number of cyclic esters (lactones) is 1. The number of carbonyl (C=O) groups excluding carboxylic acids is 3. The van der Waals surface area contributed by atoms with Crippen LogP contribution in [0.1, 0.15) is 17.3 Å². The molecule has 9 heteroatoms. The van der Waals surface area contributed by atoms with Crippen LogP contribution >= 0.6 is 11.3 Å². The standard InChI is InChI=1S/C18H18N2O6S/c1-2-24-18(23)26-13-7-5-12(6-8-13)16(21)19-10-14-11-20(17(22)25-14)15-4-3-9-27-15/h3-9,14H,2,10-11H2,1H3,(H,19,21). The molecule has 0 bridgehead atoms. The summed E-state index contributed by atoms with van der Waals surface area (Å²) in [6.45, 7) is 2.48. The number of nitrogens with zero attached hydrogens (tertiary/aromatic N) is 1. The molecule has 0 spiro atoms. The number of thiophene rings is 1. The van der Waals surface area contributed by atoms with E-state index < -0.39 is 18.4 Å². The van der Waals surface area contributed by atoms with Gasteiger partial charge in [-0.2, -0.15) is 0 Å². The molecule has 1 atom stereocenters. The molecule has 1 aliphatic heterocycles. The van der Waals surface area contributed by atoms with E-state index in [9.17, 15) is 14.4 Å². The lowest BCUT2D eigenvalue weighted by atomic mass is 10.2. The van der Waals surface area contributed by atoms with Crippen LogP contribution < -0.4 is 15.0 Å². The molecule has 1 N–H and O–H groups in total. The zero-order valence-corrected chi connectivity index (χ0v) is 15.4. The number of carbonyl (C=O) groups is 3. The summed E-state index contributed by atoms with van der Waals surface area (Å²) in [5, 5.41) is 5.43. The maximum Gasteiger partial charge on any atom is 0.513 e. The summed E-state index contributed by atoms with van der Waals surface area (Å²) in [6, 6.07) is 9.76. The fourth-order valence-electron chi connectivity index (χ4n) is 2.46. The maximum absolute atomic E-state index is 12.2. The Bertz CT molecular complexity index is 806. The summed E-state index contributed by atoms with van der Waals surface area (Å²) in [5.74, 6) is -0.0374. The highest BCUT2D eigenvalue weighted by molar-refractivity contribution is 7.14. The second-order valence-corrected chi connectivity index (χ2v) is 6.51. The van der Waals surface area contributed by atoms with Gasteiger partial charge >= 0.3 is 12.2 Å². The van der Waals surface area contributed by atoms with Gasteiger partial charge in [0.05, 0.1) is 19.7 Å². The number of ether oxygens (including phenoxy) is 3. The number of benzene rings is 1. The van der Waals surface area contributed by atoms with Gasteiger partial charge in [0.1, 0.15) is 16.9 Å². The van der Waals surface area contributed by atoms with Gasteiger partial charge in [0, 0.05) is 5.56 Å². The van der Waals surface area contributed by atoms with E-state index in [1.807, 2.05) is 17.5 Å². The molecule has 1 unspecified atom stereocenters. The third-order valence-electron chi connectivity index (χ3n) is 3.72. The summed E-state index contributed by atoms with van der Waals surface area (Å²) in [4.78, 5) is 36.9. The number of hydrogen-bond acceptors (Lipinski definition) is 7. The number of rotatable bonds is 6. The Morgan fingerprint density at radius 2 is 2.07 bits per heavy atom. The first-order valence-electron chi connectivity index (χ1n) is 8.31. The first-order valence-corrected chi connectivity index (χ1v) is 9.19. The van der Waals surface area contributed by atoms with E-state index in [1.165, 1.54) is 35.6 Å². The second kappa shape index (κ2) is 8.54. The van der Waals surface area contributed by atoms with E-state index in [0.717, 1.165) is 5.00 Å². The highest BCUT2D eigenvalue weighted by Crippen LogP contribution is 2.26. The van der Waals surface area contributed by atoms with Crippen LogP contribution in [0.5, 0.6) is 5.75 Å². The van der Waals surface area contributed by atoms with Gasteiger partial charge < -0.3 is 19.5 Å². The monoisotopic (exact) mass is 390 g/mol. The molecule has 1 aromatic carbocycles. The molecular formula is C18H18N2O6S. The third kappa shape index (κ3) is 4.76. The smallest absolute Gasteiger partial charge is 0.442 e. The van der Waals surface area contributed by atoms with E-state index in [4.69, 9.17) is 9.47 Å². The number of nitrogens with one attached hydrogen (secondary N) is 1. The van der Waals surface area contributed by atoms with Gasteiger partial charge in [0.15, 0.2) is 0 Å². The average molecular weight is 390 g/mol. The Morgan fingerprint density at radius 3 is 2.74 bits per heavy atom. The molecule has 1 aliphatic rings. The van der Waals surface area contributed by atoms with Crippen molar-refractivity contribution < 1.29 is 28.6 Å². The fraction of sp³-hybridized carbons (Fsp3) is 0.278. The van der Waals surface area contributed by atoms with E-state index >= 15 is 0 Å². The molecule has 27 heavy (non-hydrogen) atoms. The summed E-state index contributed by atoms with van der Waals surface area (Å²) in [5.41, 5.74) is 0.394. The van der Waals surface area contributed by atoms with Gasteiger partial charge in [-0.25, -0.2) is 9.59 Å². The lowest BCUT2D eigenvalue weighted by Crippen LogP contribution is -2.34. The van der Waals surface area contributed by atoms with Crippen molar-refractivity contribution in [1.29, 1.82) is 0 Å². The quantitative estimate of drug-likeness (QED) is 0.602. The lowest BCUT2D eigenvalue weighted by molar-refractivity contribution is 0.0916. The molecule has 142 valence electrons. The van der Waals surface area contributed by atoms with Gasteiger partial charge in [0.25, 0.3) is 5.91 Å². The fourth-order valence-corrected chi connectivity index (χ4v) is 3.19. The van der Waals surface area contributed by atoms with Crippen molar-refractivity contribution in [3.05, 3.63) is 47.3 Å². The van der Waals surface area contributed by atoms with Crippen LogP contribution in [0.2, 0.25) is 0 Å². The van der Waals surface area contributed by atoms with Crippen molar-refractivity contribution in [3.63, 3.8) is 0 Å². The SMILES string of the molecule is CCOC(=O)Oc1ccc(C(=O)NCC2CN(c3cccs3)C(=O)O2)cc1. The van der Waals surface area contributed by atoms with Gasteiger partial charge in [0.2, 0.25) is 0 Å². The summed E-state index contributed by atoms with van der Waals surface area (Å²) >= 11 is 1.45. The molecule has 1 saturated heterocycles. The molecule has 3 rings (SSSR count). The first-order chi connectivity index (χ1) is 13.1. The minimum atomic E-state index is -0.798. The predicted molar refractivity (Wildman–Crippen MR) is 98.4 cm³/mol. The van der Waals surface area contributed by atoms with Crippen molar-refractivity contribution in [1.82, 2.24) is 5.32 Å². The maximum atomic E-state index is 12.2. The van der Waals surface area contributed by atoms with E-state index in [1.54, 1.807) is 11.8 Å². The number of amides is 2. The van der Waals surface area contributed by atoms with Gasteiger partial charge in [-0.15, -0.1) is 11.3 Å². The molecule has 2 amide bonds. The normalized spacial score (nSPS) is 16.0. The Kier molecular flexibility index (Phi) is 5.92. The summed E-state index contributed by atoms with van der Waals surface area (Å²) in [6.07, 6.45) is -1.64. The van der Waals surface area contributed by atoms with Crippen LogP contribution in [0.25, 0.3) is 0 Å². The van der Waals surface area contributed by atoms with Crippen LogP contribution in [-0.4, -0.2) is 44.0 Å². The Balaban J connectivity index is 1.49. The third-order valence-corrected chi connectivity index (χ3v) is 4.61. The zero-order chi connectivity index (χ0) is 19.2. The van der Waals surface area contributed by atoms with Crippen LogP contribution in [0.3, 0.4) is 0 Å². The topological polar surface area (TPSA) is 94.2 Å². The van der Waals surface area contributed by atoms with Gasteiger partial charge in [-0.05, 0) is 48.7 Å². The molecule has 0 radical (unpaired) electrons. The zero-order valence-electron chi connectivity index (χ0n) is 14.5. The van der Waals surface area contributed by atoms with Gasteiger partial charge in [-0.1, -0.05) is 0 Å². The molecular weight excluding hydrogens is 372 g/mol. The molecule has 0 saturated carbocycles. The molecule has 1 aromatic heterocycles. The first kappa shape index (κ1) is 18.7. The van der Waals surface area contributed by atoms with Crippen LogP contribution in [-0.2, 0) is 9.47 Å². The molecule has 2 aromatic rings. The molecule has 1 fully saturated rings. The number of anilines is 1. The molecule has 0 aliphatic carbocycles. The van der Waals surface area contributed by atoms with Crippen molar-refractivity contribution in [2.75, 3.05) is 24.6 Å². The molecule has 8 nitrogen and oxygen atoms in total. The van der Waals surface area contributed by atoms with Crippen molar-refractivity contribution in [2.45, 2.75) is 13.0 Å². The Morgan fingerprint density at radius 1 is 1.30 bits per heavy atom. The Hall–Kier alpha value is -3.07. The number of hydrogen-bond donors (Lipinski definition) is 1. The van der Waals surface area contributed by atoms with Crippen molar-refractivity contribution in [2.24, 2.45) is 0 Å². The van der Waals surface area contributed by atoms with Crippen LogP contribution in [0, 0.1) is 0 Å². The Labute approximate surface area is 159 Å². The highest BCUT2D eigenvalue weighted by atomic mass is 32.1. The van der Waals surface area contributed by atoms with Crippen molar-refractivity contribution in [3.8, 4) is 5.75 Å². The largest absolute Gasteiger partial charge is 0.513 e. The van der Waals surface area contributed by atoms with Crippen LogP contribution in [0.4, 0.5) is 14.6 Å². The van der Waals surface area contributed by atoms with E-state index in [2.05, 4.69) is 10.1 Å².